The molecule has 0 unspecified atom stereocenters. The van der Waals surface area contributed by atoms with Crippen molar-refractivity contribution in [1.29, 1.82) is 0 Å². The summed E-state index contributed by atoms with van der Waals surface area (Å²) in [6.45, 7) is 6.11. The second-order valence-electron chi connectivity index (χ2n) is 5.59. The Labute approximate surface area is 121 Å². The zero-order valence-corrected chi connectivity index (χ0v) is 12.6. The van der Waals surface area contributed by atoms with E-state index in [1.807, 2.05) is 0 Å². The molecule has 1 aliphatic carbocycles. The van der Waals surface area contributed by atoms with Crippen molar-refractivity contribution in [3.8, 4) is 0 Å². The first-order valence-corrected chi connectivity index (χ1v) is 7.60. The van der Waals surface area contributed by atoms with Crippen molar-refractivity contribution < 1.29 is 4.79 Å². The van der Waals surface area contributed by atoms with E-state index in [1.165, 1.54) is 0 Å². The lowest BCUT2D eigenvalue weighted by atomic mass is 9.86. The molecule has 1 aromatic rings. The molecule has 0 radical (unpaired) electrons. The van der Waals surface area contributed by atoms with Gasteiger partial charge in [-0.25, -0.2) is 0 Å². The Morgan fingerprint density at radius 3 is 2.55 bits per heavy atom. The highest BCUT2D eigenvalue weighted by molar-refractivity contribution is 5.91. The summed E-state index contributed by atoms with van der Waals surface area (Å²) in [5.74, 6) is 0.304. The molecule has 0 atom stereocenters. The number of rotatable bonds is 6. The minimum atomic E-state index is -0.272. The zero-order valence-electron chi connectivity index (χ0n) is 12.6. The van der Waals surface area contributed by atoms with Crippen molar-refractivity contribution in [2.45, 2.75) is 51.5 Å². The molecule has 0 bridgehead atoms. The minimum Gasteiger partial charge on any atom is -0.398 e. The monoisotopic (exact) mass is 275 g/mol. The summed E-state index contributed by atoms with van der Waals surface area (Å²) >= 11 is 0. The van der Waals surface area contributed by atoms with Gasteiger partial charge in [-0.2, -0.15) is 0 Å². The van der Waals surface area contributed by atoms with Gasteiger partial charge in [-0.1, -0.05) is 26.7 Å². The number of pyridine rings is 1. The van der Waals surface area contributed by atoms with Crippen LogP contribution >= 0.6 is 0 Å². The van der Waals surface area contributed by atoms with Crippen LogP contribution in [0.3, 0.4) is 0 Å². The van der Waals surface area contributed by atoms with Crippen LogP contribution in [0.25, 0.3) is 0 Å². The molecule has 1 fully saturated rings. The molecule has 0 aliphatic heterocycles. The predicted octanol–water partition coefficient (Wildman–Crippen LogP) is 2.43. The molecular weight excluding hydrogens is 250 g/mol. The van der Waals surface area contributed by atoms with Gasteiger partial charge in [-0.15, -0.1) is 0 Å². The minimum absolute atomic E-state index is 0.272. The third-order valence-corrected chi connectivity index (χ3v) is 4.61. The predicted molar refractivity (Wildman–Crippen MR) is 81.5 cm³/mol. The highest BCUT2D eigenvalue weighted by atomic mass is 16.1. The van der Waals surface area contributed by atoms with E-state index in [1.54, 1.807) is 18.5 Å². The molecule has 1 heterocycles. The van der Waals surface area contributed by atoms with Crippen molar-refractivity contribution in [2.24, 2.45) is 0 Å². The molecule has 0 amide bonds. The van der Waals surface area contributed by atoms with E-state index in [0.717, 1.165) is 44.3 Å². The van der Waals surface area contributed by atoms with Crippen LogP contribution in [0.1, 0.15) is 45.1 Å². The fraction of sp³-hybridized carbons (Fsp3) is 0.625. The molecule has 110 valence electrons. The Hall–Kier alpha value is -1.42. The number of nitrogens with two attached hydrogens (primary N) is 1. The summed E-state index contributed by atoms with van der Waals surface area (Å²) in [6.07, 6.45) is 8.03. The molecule has 4 nitrogen and oxygen atoms in total. The average molecular weight is 275 g/mol. The number of ketones is 1. The summed E-state index contributed by atoms with van der Waals surface area (Å²) in [7, 11) is 0. The lowest BCUT2D eigenvalue weighted by Gasteiger charge is -2.39. The first-order valence-electron chi connectivity index (χ1n) is 7.60. The topological polar surface area (TPSA) is 59.2 Å². The molecule has 1 aliphatic rings. The number of hydrogen-bond acceptors (Lipinski definition) is 4. The quantitative estimate of drug-likeness (QED) is 0.866. The molecule has 0 saturated heterocycles. The van der Waals surface area contributed by atoms with Crippen molar-refractivity contribution in [1.82, 2.24) is 9.88 Å². The maximum Gasteiger partial charge on any atom is 0.157 e. The molecule has 20 heavy (non-hydrogen) atoms. The van der Waals surface area contributed by atoms with Crippen LogP contribution in [0.5, 0.6) is 0 Å². The van der Waals surface area contributed by atoms with Gasteiger partial charge in [-0.05, 0) is 32.0 Å². The number of carbonyl (C=O) groups excluding carboxylic acids is 1. The van der Waals surface area contributed by atoms with Crippen LogP contribution in [-0.2, 0) is 11.2 Å². The Morgan fingerprint density at radius 1 is 1.35 bits per heavy atom. The normalized spacial score (nSPS) is 17.6. The molecule has 4 heteroatoms. The molecule has 0 spiro atoms. The van der Waals surface area contributed by atoms with Crippen molar-refractivity contribution in [3.63, 3.8) is 0 Å². The Bertz CT molecular complexity index is 463. The van der Waals surface area contributed by atoms with Crippen LogP contribution in [-0.4, -0.2) is 34.3 Å². The first kappa shape index (κ1) is 15.0. The molecular formula is C16H25N3O. The summed E-state index contributed by atoms with van der Waals surface area (Å²) in [5.41, 5.74) is 7.20. The van der Waals surface area contributed by atoms with E-state index in [-0.39, 0.29) is 5.54 Å². The van der Waals surface area contributed by atoms with Crippen molar-refractivity contribution in [2.75, 3.05) is 18.8 Å². The largest absolute Gasteiger partial charge is 0.398 e. The van der Waals surface area contributed by atoms with E-state index in [2.05, 4.69) is 23.7 Å². The lowest BCUT2D eigenvalue weighted by molar-refractivity contribution is -0.130. The van der Waals surface area contributed by atoms with Crippen molar-refractivity contribution >= 4 is 11.5 Å². The lowest BCUT2D eigenvalue weighted by Crippen LogP contribution is -2.53. The highest BCUT2D eigenvalue weighted by Crippen LogP contribution is 2.37. The fourth-order valence-electron chi connectivity index (χ4n) is 3.48. The maximum absolute atomic E-state index is 12.9. The summed E-state index contributed by atoms with van der Waals surface area (Å²) in [4.78, 5) is 19.3. The van der Waals surface area contributed by atoms with Gasteiger partial charge in [0.2, 0.25) is 0 Å². The second kappa shape index (κ2) is 6.35. The van der Waals surface area contributed by atoms with E-state index < -0.39 is 0 Å². The maximum atomic E-state index is 12.9. The number of Topliss-reactive ketones (excluding diaryl/α,β-unsaturated/α-hetero) is 1. The van der Waals surface area contributed by atoms with Gasteiger partial charge in [0.05, 0.1) is 5.54 Å². The number of likely N-dealkylation sites (N-methyl/N-ethyl adjacent to an activating group) is 1. The molecule has 1 aromatic heterocycles. The van der Waals surface area contributed by atoms with E-state index in [0.29, 0.717) is 17.9 Å². The van der Waals surface area contributed by atoms with Gasteiger partial charge in [0, 0.05) is 30.1 Å². The number of nitrogen functional groups attached to an aromatic ring is 1. The van der Waals surface area contributed by atoms with E-state index in [4.69, 9.17) is 5.73 Å². The number of anilines is 1. The van der Waals surface area contributed by atoms with E-state index >= 15 is 0 Å². The number of carbonyl (C=O) groups is 1. The molecule has 0 aromatic carbocycles. The number of aromatic nitrogens is 1. The van der Waals surface area contributed by atoms with Gasteiger partial charge in [-0.3, -0.25) is 14.7 Å². The van der Waals surface area contributed by atoms with Gasteiger partial charge in [0.1, 0.15) is 0 Å². The summed E-state index contributed by atoms with van der Waals surface area (Å²) in [5, 5.41) is 0. The Balaban J connectivity index is 2.22. The zero-order chi connectivity index (χ0) is 14.6. The smallest absolute Gasteiger partial charge is 0.157 e. The van der Waals surface area contributed by atoms with Gasteiger partial charge < -0.3 is 5.73 Å². The van der Waals surface area contributed by atoms with Crippen LogP contribution in [0.4, 0.5) is 5.69 Å². The Morgan fingerprint density at radius 2 is 2.00 bits per heavy atom. The van der Waals surface area contributed by atoms with Gasteiger partial charge in [0.15, 0.2) is 5.78 Å². The van der Waals surface area contributed by atoms with E-state index in [9.17, 15) is 4.79 Å². The molecule has 1 saturated carbocycles. The first-order chi connectivity index (χ1) is 9.64. The number of hydrogen-bond donors (Lipinski definition) is 1. The molecule has 2 rings (SSSR count). The standard InChI is InChI=1S/C16H25N3O/c1-3-19(4-2)16(8-5-6-9-16)15(20)11-13-12-18-10-7-14(13)17/h7,10,12H,3-6,8-9,11H2,1-2H3,(H2,17,18). The van der Waals surface area contributed by atoms with Crippen LogP contribution < -0.4 is 5.73 Å². The Kier molecular flexibility index (Phi) is 4.76. The van der Waals surface area contributed by atoms with Gasteiger partial charge in [0.25, 0.3) is 0 Å². The average Bonchev–Trinajstić information content (AvgIpc) is 2.93. The van der Waals surface area contributed by atoms with Crippen LogP contribution in [0, 0.1) is 0 Å². The van der Waals surface area contributed by atoms with Crippen LogP contribution in [0.15, 0.2) is 18.5 Å². The third kappa shape index (κ3) is 2.70. The summed E-state index contributed by atoms with van der Waals surface area (Å²) < 4.78 is 0. The van der Waals surface area contributed by atoms with Gasteiger partial charge >= 0.3 is 0 Å². The fourth-order valence-corrected chi connectivity index (χ4v) is 3.48. The SMILES string of the molecule is CCN(CC)C1(C(=O)Cc2cnccc2N)CCCC1. The third-order valence-electron chi connectivity index (χ3n) is 4.61. The summed E-state index contributed by atoms with van der Waals surface area (Å²) in [6, 6.07) is 1.77. The highest BCUT2D eigenvalue weighted by Gasteiger charge is 2.44. The second-order valence-corrected chi connectivity index (χ2v) is 5.59. The van der Waals surface area contributed by atoms with Crippen molar-refractivity contribution in [3.05, 3.63) is 24.0 Å². The van der Waals surface area contributed by atoms with Crippen LogP contribution in [0.2, 0.25) is 0 Å². The number of nitrogens with zero attached hydrogens (tertiary/aromatic N) is 2. The molecule has 2 N–H and O–H groups in total.